The van der Waals surface area contributed by atoms with E-state index in [0.29, 0.717) is 58.7 Å². The number of halogens is 1. The maximum Gasteiger partial charge on any atom is 0.409 e. The smallest absolute Gasteiger partial charge is 0.409 e. The van der Waals surface area contributed by atoms with Gasteiger partial charge in [-0.25, -0.2) is 13.2 Å². The molecule has 2 amide bonds. The van der Waals surface area contributed by atoms with Gasteiger partial charge < -0.3 is 14.5 Å². The fourth-order valence-corrected chi connectivity index (χ4v) is 5.42. The molecule has 2 heterocycles. The van der Waals surface area contributed by atoms with Gasteiger partial charge in [0.05, 0.1) is 11.5 Å². The molecule has 2 fully saturated rings. The topological polar surface area (TPSA) is 87.2 Å². The van der Waals surface area contributed by atoms with Crippen molar-refractivity contribution in [1.29, 1.82) is 0 Å². The van der Waals surface area contributed by atoms with Crippen molar-refractivity contribution >= 4 is 38.0 Å². The number of piperazine rings is 1. The van der Waals surface area contributed by atoms with Crippen LogP contribution < -0.4 is 0 Å². The molecule has 160 valence electrons. The lowest BCUT2D eigenvalue weighted by molar-refractivity contribution is -0.138. The summed E-state index contributed by atoms with van der Waals surface area (Å²) >= 11 is 3.31. The number of ether oxygens (including phenoxy) is 1. The van der Waals surface area contributed by atoms with Gasteiger partial charge in [0.25, 0.3) is 0 Å². The van der Waals surface area contributed by atoms with Crippen molar-refractivity contribution in [3.63, 3.8) is 0 Å². The van der Waals surface area contributed by atoms with Gasteiger partial charge in [-0.15, -0.1) is 0 Å². The minimum absolute atomic E-state index is 0.0502. The fourth-order valence-electron chi connectivity index (χ4n) is 3.68. The molecule has 0 aromatic heterocycles. The summed E-state index contributed by atoms with van der Waals surface area (Å²) in [5, 5.41) is 0. The molecule has 2 aliphatic rings. The van der Waals surface area contributed by atoms with Crippen LogP contribution in [0.2, 0.25) is 0 Å². The number of nitrogens with zero attached hydrogens (tertiary/aromatic N) is 3. The van der Waals surface area contributed by atoms with E-state index in [9.17, 15) is 18.0 Å². The first-order valence-corrected chi connectivity index (χ1v) is 12.0. The fraction of sp³-hybridized carbons (Fsp3) is 0.579. The second kappa shape index (κ2) is 9.44. The van der Waals surface area contributed by atoms with Crippen molar-refractivity contribution in [3.8, 4) is 0 Å². The first-order valence-electron chi connectivity index (χ1n) is 9.79. The van der Waals surface area contributed by atoms with Gasteiger partial charge in [0.2, 0.25) is 15.9 Å². The molecule has 3 rings (SSSR count). The Balaban J connectivity index is 1.52. The third kappa shape index (κ3) is 5.10. The molecule has 2 aliphatic heterocycles. The van der Waals surface area contributed by atoms with E-state index in [1.54, 1.807) is 41.0 Å². The lowest BCUT2D eigenvalue weighted by Gasteiger charge is -2.37. The Morgan fingerprint density at radius 1 is 1.00 bits per heavy atom. The summed E-state index contributed by atoms with van der Waals surface area (Å²) in [5.41, 5.74) is 0. The number of carbonyl (C=O) groups excluding carboxylic acids is 2. The standard InChI is InChI=1S/C19H26BrN3O5S/c1-2-28-19(25)22-13-11-21(12-14-22)18(24)15-7-9-23(10-8-15)29(26,27)17-5-3-16(20)4-6-17/h3-6,15H,2,7-14H2,1H3. The molecule has 0 N–H and O–H groups in total. The average Bonchev–Trinajstić information content (AvgIpc) is 2.74. The monoisotopic (exact) mass is 487 g/mol. The zero-order valence-corrected chi connectivity index (χ0v) is 18.8. The molecule has 1 aromatic carbocycles. The molecule has 1 aromatic rings. The highest BCUT2D eigenvalue weighted by Gasteiger charge is 2.35. The third-order valence-corrected chi connectivity index (χ3v) is 7.81. The van der Waals surface area contributed by atoms with Crippen LogP contribution >= 0.6 is 15.9 Å². The number of sulfonamides is 1. The zero-order valence-electron chi connectivity index (χ0n) is 16.4. The van der Waals surface area contributed by atoms with Crippen LogP contribution in [0.3, 0.4) is 0 Å². The lowest BCUT2D eigenvalue weighted by atomic mass is 9.96. The number of benzene rings is 1. The van der Waals surface area contributed by atoms with Crippen molar-refractivity contribution in [2.75, 3.05) is 45.9 Å². The van der Waals surface area contributed by atoms with E-state index < -0.39 is 10.0 Å². The number of carbonyl (C=O) groups is 2. The summed E-state index contributed by atoms with van der Waals surface area (Å²) in [6, 6.07) is 6.58. The van der Waals surface area contributed by atoms with Crippen molar-refractivity contribution in [3.05, 3.63) is 28.7 Å². The molecule has 0 radical (unpaired) electrons. The Bertz CT molecular complexity index is 830. The van der Waals surface area contributed by atoms with Gasteiger partial charge in [0.15, 0.2) is 0 Å². The van der Waals surface area contributed by atoms with Crippen LogP contribution in [0.15, 0.2) is 33.6 Å². The first kappa shape index (κ1) is 22.0. The van der Waals surface area contributed by atoms with E-state index >= 15 is 0 Å². The van der Waals surface area contributed by atoms with Gasteiger partial charge in [0, 0.05) is 49.7 Å². The summed E-state index contributed by atoms with van der Waals surface area (Å²) in [6.45, 7) is 4.64. The van der Waals surface area contributed by atoms with Crippen LogP contribution in [-0.2, 0) is 19.6 Å². The van der Waals surface area contributed by atoms with E-state index in [1.807, 2.05) is 0 Å². The van der Waals surface area contributed by atoms with Gasteiger partial charge >= 0.3 is 6.09 Å². The number of rotatable bonds is 4. The quantitative estimate of drug-likeness (QED) is 0.649. The van der Waals surface area contributed by atoms with Crippen LogP contribution in [0.25, 0.3) is 0 Å². The number of hydrogen-bond donors (Lipinski definition) is 0. The summed E-state index contributed by atoms with van der Waals surface area (Å²) in [4.78, 5) is 28.3. The normalized spacial score (nSPS) is 19.2. The molecule has 0 atom stereocenters. The van der Waals surface area contributed by atoms with Gasteiger partial charge in [-0.05, 0) is 44.0 Å². The molecule has 2 saturated heterocycles. The van der Waals surface area contributed by atoms with Crippen LogP contribution in [0.1, 0.15) is 19.8 Å². The molecule has 0 saturated carbocycles. The lowest BCUT2D eigenvalue weighted by Crippen LogP contribution is -2.53. The van der Waals surface area contributed by atoms with Crippen molar-refractivity contribution in [2.45, 2.75) is 24.7 Å². The molecule has 0 bridgehead atoms. The highest BCUT2D eigenvalue weighted by molar-refractivity contribution is 9.10. The molecule has 29 heavy (non-hydrogen) atoms. The Hall–Kier alpha value is -1.65. The average molecular weight is 488 g/mol. The molecular weight excluding hydrogens is 462 g/mol. The van der Waals surface area contributed by atoms with E-state index in [0.717, 1.165) is 4.47 Å². The Morgan fingerprint density at radius 3 is 2.10 bits per heavy atom. The minimum Gasteiger partial charge on any atom is -0.450 e. The predicted octanol–water partition coefficient (Wildman–Crippen LogP) is 2.15. The maximum atomic E-state index is 12.8. The van der Waals surface area contributed by atoms with Crippen molar-refractivity contribution in [2.24, 2.45) is 5.92 Å². The summed E-state index contributed by atoms with van der Waals surface area (Å²) in [5.74, 6) is -0.130. The first-order chi connectivity index (χ1) is 13.8. The Morgan fingerprint density at radius 2 is 1.55 bits per heavy atom. The highest BCUT2D eigenvalue weighted by atomic mass is 79.9. The summed E-state index contributed by atoms with van der Waals surface area (Å²) < 4.78 is 32.9. The molecular formula is C19H26BrN3O5S. The van der Waals surface area contributed by atoms with Crippen molar-refractivity contribution in [1.82, 2.24) is 14.1 Å². The van der Waals surface area contributed by atoms with Gasteiger partial charge in [-0.1, -0.05) is 15.9 Å². The summed E-state index contributed by atoms with van der Waals surface area (Å²) in [7, 11) is -3.55. The van der Waals surface area contributed by atoms with Gasteiger partial charge in [0.1, 0.15) is 0 Å². The third-order valence-electron chi connectivity index (χ3n) is 5.37. The molecule has 0 aliphatic carbocycles. The van der Waals surface area contributed by atoms with Crippen LogP contribution in [0.5, 0.6) is 0 Å². The van der Waals surface area contributed by atoms with Crippen LogP contribution in [-0.4, -0.2) is 80.4 Å². The van der Waals surface area contributed by atoms with Crippen molar-refractivity contribution < 1.29 is 22.7 Å². The maximum absolute atomic E-state index is 12.8. The Labute approximate surface area is 180 Å². The van der Waals surface area contributed by atoms with Crippen LogP contribution in [0, 0.1) is 5.92 Å². The van der Waals surface area contributed by atoms with E-state index in [4.69, 9.17) is 4.74 Å². The number of piperidine rings is 1. The molecule has 10 heteroatoms. The minimum atomic E-state index is -3.55. The number of hydrogen-bond acceptors (Lipinski definition) is 5. The second-order valence-corrected chi connectivity index (χ2v) is 10.00. The van der Waals surface area contributed by atoms with E-state index in [2.05, 4.69) is 15.9 Å². The predicted molar refractivity (Wildman–Crippen MR) is 111 cm³/mol. The molecule has 0 spiro atoms. The molecule has 8 nitrogen and oxygen atoms in total. The highest BCUT2D eigenvalue weighted by Crippen LogP contribution is 2.26. The second-order valence-electron chi connectivity index (χ2n) is 7.14. The van der Waals surface area contributed by atoms with Gasteiger partial charge in [-0.2, -0.15) is 4.31 Å². The number of amides is 2. The largest absolute Gasteiger partial charge is 0.450 e. The summed E-state index contributed by atoms with van der Waals surface area (Å²) in [6.07, 6.45) is 0.672. The van der Waals surface area contributed by atoms with E-state index in [1.165, 1.54) is 4.31 Å². The zero-order chi connectivity index (χ0) is 21.0. The van der Waals surface area contributed by atoms with Gasteiger partial charge in [-0.3, -0.25) is 4.79 Å². The van der Waals surface area contributed by atoms with E-state index in [-0.39, 0.29) is 22.8 Å². The molecule has 0 unspecified atom stereocenters. The Kier molecular flexibility index (Phi) is 7.18. The SMILES string of the molecule is CCOC(=O)N1CCN(C(=O)C2CCN(S(=O)(=O)c3ccc(Br)cc3)CC2)CC1. The van der Waals surface area contributed by atoms with Crippen LogP contribution in [0.4, 0.5) is 4.79 Å².